The van der Waals surface area contributed by atoms with E-state index < -0.39 is 37.3 Å². The van der Waals surface area contributed by atoms with Gasteiger partial charge in [-0.1, -0.05) is 121 Å². The maximum Gasteiger partial charge on any atom is 0.316 e. The molecule has 4 aromatic carbocycles. The topological polar surface area (TPSA) is 72.0 Å². The predicted octanol–water partition coefficient (Wildman–Crippen LogP) is 6.48. The standard InChI is InChI=1S/C34H36NO5P/c1-25(2)35-41(36)39-33(26-17-9-5-10-18-26,27-19-11-6-12-20-27)30-31(38-32(3,4)37-30)34(40-41,28-21-13-7-14-22-28)29-23-15-8-16-24-29/h5-25,30-31H,1-4H3,(H,35,36)/t30-,31-/m1/s1. The molecule has 2 saturated heterocycles. The van der Waals surface area contributed by atoms with Gasteiger partial charge in [0.1, 0.15) is 12.2 Å². The summed E-state index contributed by atoms with van der Waals surface area (Å²) >= 11 is 0. The Morgan fingerprint density at radius 3 is 1.15 bits per heavy atom. The van der Waals surface area contributed by atoms with Gasteiger partial charge in [-0.15, -0.1) is 5.09 Å². The largest absolute Gasteiger partial charge is 0.616 e. The molecule has 2 heterocycles. The number of fused-ring (bicyclic) bond motifs is 1. The summed E-state index contributed by atoms with van der Waals surface area (Å²) in [4.78, 5) is 15.3. The summed E-state index contributed by atoms with van der Waals surface area (Å²) in [6.45, 7) is 7.64. The zero-order valence-corrected chi connectivity index (χ0v) is 24.7. The molecule has 2 atom stereocenters. The summed E-state index contributed by atoms with van der Waals surface area (Å²) in [5.74, 6) is -1.00. The van der Waals surface area contributed by atoms with E-state index in [0.717, 1.165) is 22.3 Å². The molecule has 2 aliphatic rings. The number of hydrogen-bond acceptors (Lipinski definition) is 6. The Morgan fingerprint density at radius 2 is 0.878 bits per heavy atom. The summed E-state index contributed by atoms with van der Waals surface area (Å²) < 4.78 is 27.7. The van der Waals surface area contributed by atoms with Gasteiger partial charge in [-0.05, 0) is 49.9 Å². The molecule has 0 spiro atoms. The van der Waals surface area contributed by atoms with Crippen LogP contribution in [-0.4, -0.2) is 24.0 Å². The van der Waals surface area contributed by atoms with Gasteiger partial charge >= 0.3 is 8.09 Å². The fourth-order valence-corrected chi connectivity index (χ4v) is 8.33. The average Bonchev–Trinajstić information content (AvgIpc) is 3.28. The third-order valence-electron chi connectivity index (χ3n) is 7.65. The monoisotopic (exact) mass is 569 g/mol. The van der Waals surface area contributed by atoms with E-state index in [1.54, 1.807) is 0 Å². The molecule has 0 bridgehead atoms. The smallest absolute Gasteiger partial charge is 0.316 e. The molecular weight excluding hydrogens is 533 g/mol. The van der Waals surface area contributed by atoms with E-state index in [0.29, 0.717) is 0 Å². The molecule has 0 amide bonds. The fraction of sp³-hybridized carbons (Fsp3) is 0.294. The summed E-state index contributed by atoms with van der Waals surface area (Å²) in [5, 5.41) is 3.20. The summed E-state index contributed by atoms with van der Waals surface area (Å²) in [7, 11) is -4.12. The molecule has 1 N–H and O–H groups in total. The van der Waals surface area contributed by atoms with Crippen LogP contribution in [0.3, 0.4) is 0 Å². The van der Waals surface area contributed by atoms with Crippen molar-refractivity contribution in [1.29, 1.82) is 0 Å². The van der Waals surface area contributed by atoms with E-state index in [1.807, 2.05) is 149 Å². The van der Waals surface area contributed by atoms with Crippen LogP contribution in [0, 0.1) is 0 Å². The van der Waals surface area contributed by atoms with Crippen LogP contribution >= 0.6 is 8.09 Å². The number of benzene rings is 4. The molecule has 212 valence electrons. The van der Waals surface area contributed by atoms with Gasteiger partial charge < -0.3 is 14.4 Å². The van der Waals surface area contributed by atoms with Crippen LogP contribution in [0.15, 0.2) is 121 Å². The number of nitrogens with one attached hydrogen (secondary N) is 1. The van der Waals surface area contributed by atoms with E-state index in [4.69, 9.17) is 18.5 Å². The molecule has 2 aliphatic heterocycles. The summed E-state index contributed by atoms with van der Waals surface area (Å²) in [6, 6.07) is 39.1. The first-order chi connectivity index (χ1) is 19.7. The Kier molecular flexibility index (Phi) is 7.37. The fourth-order valence-electron chi connectivity index (χ4n) is 6.17. The molecule has 0 aliphatic carbocycles. The minimum atomic E-state index is -4.12. The van der Waals surface area contributed by atoms with Gasteiger partial charge in [-0.2, -0.15) is 9.05 Å². The normalized spacial score (nSPS) is 24.0. The minimum Gasteiger partial charge on any atom is -0.616 e. The van der Waals surface area contributed by atoms with Crippen molar-refractivity contribution in [1.82, 2.24) is 5.09 Å². The van der Waals surface area contributed by atoms with Crippen LogP contribution in [0.25, 0.3) is 0 Å². The SMILES string of the molecule is CC(C)N[P+]1([O-])OC(c2ccccc2)(c2ccccc2)[C@@H]2OC(C)(C)O[C@H]2C(c2ccccc2)(c2ccccc2)O1. The van der Waals surface area contributed by atoms with Crippen molar-refractivity contribution in [2.45, 2.75) is 62.9 Å². The van der Waals surface area contributed by atoms with Crippen molar-refractivity contribution in [3.05, 3.63) is 144 Å². The maximum absolute atomic E-state index is 15.3. The van der Waals surface area contributed by atoms with E-state index in [1.165, 1.54) is 0 Å². The lowest BCUT2D eigenvalue weighted by molar-refractivity contribution is -0.252. The van der Waals surface area contributed by atoms with Gasteiger partial charge in [0, 0.05) is 6.04 Å². The first-order valence-electron chi connectivity index (χ1n) is 14.1. The molecule has 6 rings (SSSR count). The lowest BCUT2D eigenvalue weighted by Gasteiger charge is -2.41. The second-order valence-corrected chi connectivity index (χ2v) is 13.0. The predicted molar refractivity (Wildman–Crippen MR) is 159 cm³/mol. The van der Waals surface area contributed by atoms with Crippen LogP contribution in [0.4, 0.5) is 0 Å². The van der Waals surface area contributed by atoms with Crippen molar-refractivity contribution < 1.29 is 23.4 Å². The van der Waals surface area contributed by atoms with Crippen LogP contribution in [-0.2, 0) is 29.7 Å². The van der Waals surface area contributed by atoms with Crippen molar-refractivity contribution in [2.24, 2.45) is 0 Å². The second-order valence-electron chi connectivity index (χ2n) is 11.4. The van der Waals surface area contributed by atoms with Crippen LogP contribution in [0.5, 0.6) is 0 Å². The number of hydrogen-bond donors (Lipinski definition) is 1. The van der Waals surface area contributed by atoms with E-state index >= 15 is 4.89 Å². The first-order valence-corrected chi connectivity index (χ1v) is 15.6. The molecule has 0 saturated carbocycles. The van der Waals surface area contributed by atoms with Crippen LogP contribution in [0.1, 0.15) is 49.9 Å². The van der Waals surface area contributed by atoms with Gasteiger partial charge in [-0.25, -0.2) is 0 Å². The number of ether oxygens (including phenoxy) is 2. The van der Waals surface area contributed by atoms with Crippen molar-refractivity contribution in [3.63, 3.8) is 0 Å². The van der Waals surface area contributed by atoms with Gasteiger partial charge in [0.25, 0.3) is 0 Å². The Balaban J connectivity index is 1.73. The highest BCUT2D eigenvalue weighted by atomic mass is 31.2. The Hall–Kier alpha value is -2.93. The van der Waals surface area contributed by atoms with Crippen molar-refractivity contribution in [3.8, 4) is 0 Å². The summed E-state index contributed by atoms with van der Waals surface area (Å²) in [5.41, 5.74) is 0.429. The molecule has 0 unspecified atom stereocenters. The lowest BCUT2D eigenvalue weighted by Crippen LogP contribution is -2.53. The zero-order valence-electron chi connectivity index (χ0n) is 23.8. The molecule has 2 fully saturated rings. The molecule has 0 radical (unpaired) electrons. The summed E-state index contributed by atoms with van der Waals surface area (Å²) in [6.07, 6.45) is -1.54. The molecule has 0 aromatic heterocycles. The van der Waals surface area contributed by atoms with E-state index in [9.17, 15) is 0 Å². The van der Waals surface area contributed by atoms with Crippen LogP contribution in [0.2, 0.25) is 0 Å². The first kappa shape index (κ1) is 28.2. The molecular formula is C34H36NO5P. The third kappa shape index (κ3) is 4.94. The van der Waals surface area contributed by atoms with Gasteiger partial charge in [-0.3, -0.25) is 0 Å². The quantitative estimate of drug-likeness (QED) is 0.268. The van der Waals surface area contributed by atoms with Gasteiger partial charge in [0.2, 0.25) is 0 Å². The van der Waals surface area contributed by atoms with E-state index in [-0.39, 0.29) is 6.04 Å². The Labute approximate surface area is 242 Å². The second kappa shape index (κ2) is 10.7. The van der Waals surface area contributed by atoms with Gasteiger partial charge in [0.15, 0.2) is 17.0 Å². The molecule has 4 aromatic rings. The highest BCUT2D eigenvalue weighted by molar-refractivity contribution is 7.57. The van der Waals surface area contributed by atoms with Crippen LogP contribution < -0.4 is 9.98 Å². The Morgan fingerprint density at radius 1 is 0.585 bits per heavy atom. The molecule has 7 heteroatoms. The van der Waals surface area contributed by atoms with Crippen molar-refractivity contribution in [2.75, 3.05) is 0 Å². The molecule has 6 nitrogen and oxygen atoms in total. The minimum absolute atomic E-state index is 0.217. The highest BCUT2D eigenvalue weighted by Crippen LogP contribution is 2.68. The van der Waals surface area contributed by atoms with Gasteiger partial charge in [0.05, 0.1) is 0 Å². The zero-order chi connectivity index (χ0) is 28.7. The molecule has 41 heavy (non-hydrogen) atoms. The van der Waals surface area contributed by atoms with Crippen molar-refractivity contribution >= 4 is 8.09 Å². The average molecular weight is 570 g/mol. The van der Waals surface area contributed by atoms with E-state index in [2.05, 4.69) is 5.09 Å². The Bertz CT molecular complexity index is 1270. The maximum atomic E-state index is 15.3. The lowest BCUT2D eigenvalue weighted by atomic mass is 9.72. The third-order valence-corrected chi connectivity index (χ3v) is 9.54. The highest BCUT2D eigenvalue weighted by Gasteiger charge is 2.71. The number of rotatable bonds is 6.